The summed E-state index contributed by atoms with van der Waals surface area (Å²) in [5, 5.41) is 0. The summed E-state index contributed by atoms with van der Waals surface area (Å²) in [7, 11) is -2.07. The Bertz CT molecular complexity index is 884. The van der Waals surface area contributed by atoms with Crippen molar-refractivity contribution in [3.05, 3.63) is 28.7 Å². The van der Waals surface area contributed by atoms with Crippen LogP contribution >= 0.6 is 0 Å². The van der Waals surface area contributed by atoms with Crippen LogP contribution in [0.2, 0.25) is 0 Å². The fraction of sp³-hybridized carbons (Fsp3) is 0.533. The van der Waals surface area contributed by atoms with Gasteiger partial charge in [0.2, 0.25) is 10.0 Å². The molecule has 0 amide bonds. The number of oxazole rings is 1. The van der Waals surface area contributed by atoms with Crippen LogP contribution < -0.4 is 10.5 Å². The number of hydrogen-bond acceptors (Lipinski definition) is 5. The van der Waals surface area contributed by atoms with E-state index in [1.165, 1.54) is 16.7 Å². The zero-order valence-electron chi connectivity index (χ0n) is 13.4. The Balaban J connectivity index is 1.89. The lowest BCUT2D eigenvalue weighted by molar-refractivity contribution is 0.344. The maximum atomic E-state index is 12.6. The molecule has 1 saturated heterocycles. The van der Waals surface area contributed by atoms with Crippen molar-refractivity contribution in [1.29, 1.82) is 0 Å². The van der Waals surface area contributed by atoms with Crippen LogP contribution in [-0.4, -0.2) is 43.6 Å². The summed E-state index contributed by atoms with van der Waals surface area (Å²) in [5.41, 5.74) is 0.843. The van der Waals surface area contributed by atoms with Gasteiger partial charge in [0.1, 0.15) is 0 Å². The minimum Gasteiger partial charge on any atom is -0.408 e. The molecule has 1 N–H and O–H groups in total. The van der Waals surface area contributed by atoms with Gasteiger partial charge in [0.25, 0.3) is 0 Å². The number of aromatic nitrogens is 1. The van der Waals surface area contributed by atoms with Gasteiger partial charge in [-0.3, -0.25) is 4.57 Å². The quantitative estimate of drug-likeness (QED) is 0.888. The number of likely N-dealkylation sites (tertiary alicyclic amines) is 1. The highest BCUT2D eigenvalue weighted by Gasteiger charge is 2.32. The summed E-state index contributed by atoms with van der Waals surface area (Å²) in [6, 6.07) is 4.37. The van der Waals surface area contributed by atoms with Gasteiger partial charge in [-0.1, -0.05) is 13.8 Å². The minimum atomic E-state index is -3.65. The molecule has 0 saturated carbocycles. The molecule has 1 aliphatic heterocycles. The van der Waals surface area contributed by atoms with Crippen LogP contribution in [-0.2, 0) is 17.1 Å². The number of nitrogens with zero attached hydrogens (tertiary/aromatic N) is 2. The van der Waals surface area contributed by atoms with Gasteiger partial charge < -0.3 is 9.32 Å². The first-order chi connectivity index (χ1) is 10.8. The molecular weight excluding hydrogens is 318 g/mol. The molecule has 2 aromatic rings. The third-order valence-electron chi connectivity index (χ3n) is 4.52. The van der Waals surface area contributed by atoms with E-state index in [9.17, 15) is 13.2 Å². The van der Waals surface area contributed by atoms with Gasteiger partial charge in [0.05, 0.1) is 10.4 Å². The SMILES string of the molecule is CCN1CC(C)C(NS(=O)(=O)c2ccc3c(c2)oc(=O)n3C)C1. The monoisotopic (exact) mass is 339 g/mol. The topological polar surface area (TPSA) is 84.6 Å². The lowest BCUT2D eigenvalue weighted by Crippen LogP contribution is -2.39. The number of sulfonamides is 1. The van der Waals surface area contributed by atoms with Crippen LogP contribution in [0.3, 0.4) is 0 Å². The molecule has 1 fully saturated rings. The fourth-order valence-electron chi connectivity index (χ4n) is 3.03. The molecule has 0 bridgehead atoms. The number of likely N-dealkylation sites (N-methyl/N-ethyl adjacent to an activating group) is 1. The summed E-state index contributed by atoms with van der Waals surface area (Å²) >= 11 is 0. The van der Waals surface area contributed by atoms with Crippen molar-refractivity contribution in [3.63, 3.8) is 0 Å². The van der Waals surface area contributed by atoms with E-state index >= 15 is 0 Å². The molecule has 1 aliphatic rings. The van der Waals surface area contributed by atoms with E-state index in [4.69, 9.17) is 4.42 Å². The number of rotatable bonds is 4. The Labute approximate surface area is 134 Å². The second-order valence-electron chi connectivity index (χ2n) is 6.11. The van der Waals surface area contributed by atoms with E-state index in [0.717, 1.165) is 13.1 Å². The zero-order valence-corrected chi connectivity index (χ0v) is 14.3. The van der Waals surface area contributed by atoms with Gasteiger partial charge in [-0.05, 0) is 24.6 Å². The van der Waals surface area contributed by atoms with Crippen molar-refractivity contribution in [3.8, 4) is 0 Å². The average molecular weight is 339 g/mol. The smallest absolute Gasteiger partial charge is 0.408 e. The van der Waals surface area contributed by atoms with Crippen LogP contribution in [0.1, 0.15) is 13.8 Å². The van der Waals surface area contributed by atoms with Crippen LogP contribution in [0.4, 0.5) is 0 Å². The van der Waals surface area contributed by atoms with E-state index < -0.39 is 15.8 Å². The Morgan fingerprint density at radius 1 is 1.35 bits per heavy atom. The van der Waals surface area contributed by atoms with Crippen LogP contribution in [0.5, 0.6) is 0 Å². The number of nitrogens with one attached hydrogen (secondary N) is 1. The third-order valence-corrected chi connectivity index (χ3v) is 6.00. The predicted octanol–water partition coefficient (Wildman–Crippen LogP) is 0.750. The Hall–Kier alpha value is -1.64. The van der Waals surface area contributed by atoms with Crippen molar-refractivity contribution >= 4 is 21.1 Å². The molecule has 2 unspecified atom stereocenters. The molecule has 3 rings (SSSR count). The highest BCUT2D eigenvalue weighted by molar-refractivity contribution is 7.89. The molecule has 2 atom stereocenters. The largest absolute Gasteiger partial charge is 0.419 e. The summed E-state index contributed by atoms with van der Waals surface area (Å²) in [5.74, 6) is -0.256. The molecule has 0 spiro atoms. The van der Waals surface area contributed by atoms with Gasteiger partial charge >= 0.3 is 5.76 Å². The summed E-state index contributed by atoms with van der Waals surface area (Å²) < 4.78 is 34.4. The number of hydrogen-bond donors (Lipinski definition) is 1. The van der Waals surface area contributed by atoms with E-state index in [1.807, 2.05) is 6.92 Å². The van der Waals surface area contributed by atoms with Crippen molar-refractivity contribution in [1.82, 2.24) is 14.2 Å². The maximum absolute atomic E-state index is 12.6. The highest BCUT2D eigenvalue weighted by Crippen LogP contribution is 2.21. The Morgan fingerprint density at radius 2 is 2.09 bits per heavy atom. The fourth-order valence-corrected chi connectivity index (χ4v) is 4.38. The van der Waals surface area contributed by atoms with Gasteiger partial charge in [0.15, 0.2) is 5.58 Å². The first-order valence-electron chi connectivity index (χ1n) is 7.66. The summed E-state index contributed by atoms with van der Waals surface area (Å²) in [4.78, 5) is 13.8. The standard InChI is InChI=1S/C15H21N3O4S/c1-4-18-8-10(2)12(9-18)16-23(20,21)11-5-6-13-14(7-11)22-15(19)17(13)3/h5-7,10,12,16H,4,8-9H2,1-3H3. The lowest BCUT2D eigenvalue weighted by Gasteiger charge is -2.16. The number of fused-ring (bicyclic) bond motifs is 1. The van der Waals surface area contributed by atoms with Gasteiger partial charge in [0, 0.05) is 32.2 Å². The highest BCUT2D eigenvalue weighted by atomic mass is 32.2. The lowest BCUT2D eigenvalue weighted by atomic mass is 10.1. The first-order valence-corrected chi connectivity index (χ1v) is 9.14. The predicted molar refractivity (Wildman–Crippen MR) is 86.8 cm³/mol. The van der Waals surface area contributed by atoms with Gasteiger partial charge in [-0.25, -0.2) is 17.9 Å². The van der Waals surface area contributed by atoms with Crippen molar-refractivity contribution < 1.29 is 12.8 Å². The zero-order chi connectivity index (χ0) is 16.8. The molecule has 0 aliphatic carbocycles. The Kier molecular flexibility index (Phi) is 4.07. The van der Waals surface area contributed by atoms with Crippen LogP contribution in [0.25, 0.3) is 11.1 Å². The second-order valence-corrected chi connectivity index (χ2v) is 7.83. The van der Waals surface area contributed by atoms with E-state index in [-0.39, 0.29) is 22.4 Å². The average Bonchev–Trinajstić information content (AvgIpc) is 2.99. The van der Waals surface area contributed by atoms with E-state index in [0.29, 0.717) is 12.1 Å². The van der Waals surface area contributed by atoms with Crippen molar-refractivity contribution in [2.24, 2.45) is 13.0 Å². The van der Waals surface area contributed by atoms with Gasteiger partial charge in [-0.2, -0.15) is 0 Å². The van der Waals surface area contributed by atoms with Gasteiger partial charge in [-0.15, -0.1) is 0 Å². The minimum absolute atomic E-state index is 0.112. The van der Waals surface area contributed by atoms with Crippen LogP contribution in [0.15, 0.2) is 32.3 Å². The van der Waals surface area contributed by atoms with Crippen LogP contribution in [0, 0.1) is 5.92 Å². The van der Waals surface area contributed by atoms with E-state index in [2.05, 4.69) is 16.5 Å². The number of aryl methyl sites for hydroxylation is 1. The molecule has 0 radical (unpaired) electrons. The van der Waals surface area contributed by atoms with Crippen molar-refractivity contribution in [2.75, 3.05) is 19.6 Å². The summed E-state index contributed by atoms with van der Waals surface area (Å²) in [6.07, 6.45) is 0. The van der Waals surface area contributed by atoms with Crippen molar-refractivity contribution in [2.45, 2.75) is 24.8 Å². The third kappa shape index (κ3) is 2.93. The Morgan fingerprint density at radius 3 is 2.74 bits per heavy atom. The number of benzene rings is 1. The molecule has 8 heteroatoms. The molecule has 126 valence electrons. The first kappa shape index (κ1) is 16.2. The second kappa shape index (κ2) is 5.77. The normalized spacial score (nSPS) is 22.9. The molecule has 23 heavy (non-hydrogen) atoms. The molecule has 7 nitrogen and oxygen atoms in total. The molecule has 1 aromatic heterocycles. The molecule has 2 heterocycles. The molecular formula is C15H21N3O4S. The van der Waals surface area contributed by atoms with E-state index in [1.54, 1.807) is 13.1 Å². The maximum Gasteiger partial charge on any atom is 0.419 e. The molecule has 1 aromatic carbocycles. The summed E-state index contributed by atoms with van der Waals surface area (Å²) in [6.45, 7) is 6.61.